The summed E-state index contributed by atoms with van der Waals surface area (Å²) in [5, 5.41) is 3.14. The molecule has 0 radical (unpaired) electrons. The van der Waals surface area contributed by atoms with Crippen LogP contribution in [0, 0.1) is 6.92 Å². The Hall–Kier alpha value is -2.30. The van der Waals surface area contributed by atoms with Crippen LogP contribution in [-0.2, 0) is 0 Å². The highest BCUT2D eigenvalue weighted by Gasteiger charge is 2.08. The van der Waals surface area contributed by atoms with Gasteiger partial charge >= 0.3 is 0 Å². The van der Waals surface area contributed by atoms with Gasteiger partial charge in [-0.1, -0.05) is 17.7 Å². The zero-order chi connectivity index (χ0) is 13.0. The minimum Gasteiger partial charge on any atom is -0.476 e. The van der Waals surface area contributed by atoms with Crippen LogP contribution in [0.15, 0.2) is 30.6 Å². The molecule has 5 heteroatoms. The Morgan fingerprint density at radius 2 is 1.94 bits per heavy atom. The monoisotopic (exact) mass is 244 g/mol. The number of rotatable bonds is 4. The van der Waals surface area contributed by atoms with Crippen molar-refractivity contribution >= 4 is 17.2 Å². The molecule has 18 heavy (non-hydrogen) atoms. The largest absolute Gasteiger partial charge is 0.476 e. The summed E-state index contributed by atoms with van der Waals surface area (Å²) in [4.78, 5) is 8.10. The minimum atomic E-state index is 0.405. The fourth-order valence-electron chi connectivity index (χ4n) is 1.50. The van der Waals surface area contributed by atoms with Crippen molar-refractivity contribution in [3.05, 3.63) is 36.2 Å². The SMILES string of the molecule is CCOc1ncnc(Nc2ccc(C)cc2)c1N. The van der Waals surface area contributed by atoms with Crippen LogP contribution in [-0.4, -0.2) is 16.6 Å². The van der Waals surface area contributed by atoms with Gasteiger partial charge in [0.15, 0.2) is 5.82 Å². The molecule has 0 unspecified atom stereocenters. The zero-order valence-electron chi connectivity index (χ0n) is 10.5. The summed E-state index contributed by atoms with van der Waals surface area (Å²) in [6.45, 7) is 4.44. The predicted octanol–water partition coefficient (Wildman–Crippen LogP) is 2.51. The van der Waals surface area contributed by atoms with Gasteiger partial charge in [-0.05, 0) is 26.0 Å². The van der Waals surface area contributed by atoms with Crippen molar-refractivity contribution in [3.63, 3.8) is 0 Å². The van der Waals surface area contributed by atoms with Crippen molar-refractivity contribution in [1.29, 1.82) is 0 Å². The second kappa shape index (κ2) is 5.35. The first-order valence-electron chi connectivity index (χ1n) is 5.77. The van der Waals surface area contributed by atoms with Gasteiger partial charge in [0, 0.05) is 5.69 Å². The van der Waals surface area contributed by atoms with Crippen LogP contribution < -0.4 is 15.8 Å². The number of nitrogens with one attached hydrogen (secondary N) is 1. The lowest BCUT2D eigenvalue weighted by molar-refractivity contribution is 0.328. The number of nitrogens with two attached hydrogens (primary N) is 1. The summed E-state index contributed by atoms with van der Waals surface area (Å²) in [5.41, 5.74) is 8.48. The third kappa shape index (κ3) is 2.68. The molecule has 1 aromatic heterocycles. The minimum absolute atomic E-state index is 0.405. The third-order valence-corrected chi connectivity index (χ3v) is 2.44. The second-order valence-electron chi connectivity index (χ2n) is 3.87. The van der Waals surface area contributed by atoms with E-state index >= 15 is 0 Å². The van der Waals surface area contributed by atoms with Crippen molar-refractivity contribution in [2.24, 2.45) is 0 Å². The van der Waals surface area contributed by atoms with Crippen molar-refractivity contribution in [2.75, 3.05) is 17.7 Å². The molecule has 5 nitrogen and oxygen atoms in total. The van der Waals surface area contributed by atoms with Crippen LogP contribution in [0.25, 0.3) is 0 Å². The van der Waals surface area contributed by atoms with Gasteiger partial charge in [-0.15, -0.1) is 0 Å². The molecule has 0 saturated carbocycles. The summed E-state index contributed by atoms with van der Waals surface area (Å²) in [7, 11) is 0. The lowest BCUT2D eigenvalue weighted by atomic mass is 10.2. The molecule has 0 spiro atoms. The predicted molar refractivity (Wildman–Crippen MR) is 72.1 cm³/mol. The Morgan fingerprint density at radius 3 is 2.61 bits per heavy atom. The summed E-state index contributed by atoms with van der Waals surface area (Å²) < 4.78 is 5.32. The van der Waals surface area contributed by atoms with E-state index in [1.807, 2.05) is 38.1 Å². The van der Waals surface area contributed by atoms with Gasteiger partial charge in [0.05, 0.1) is 6.61 Å². The molecular formula is C13H16N4O. The molecule has 3 N–H and O–H groups in total. The van der Waals surface area contributed by atoms with E-state index in [0.717, 1.165) is 5.69 Å². The van der Waals surface area contributed by atoms with E-state index in [9.17, 15) is 0 Å². The van der Waals surface area contributed by atoms with Gasteiger partial charge < -0.3 is 15.8 Å². The molecule has 1 aromatic carbocycles. The Balaban J connectivity index is 2.23. The Morgan fingerprint density at radius 1 is 1.22 bits per heavy atom. The highest BCUT2D eigenvalue weighted by molar-refractivity contribution is 5.72. The first-order chi connectivity index (χ1) is 8.70. The lowest BCUT2D eigenvalue weighted by Crippen LogP contribution is -2.04. The first kappa shape index (κ1) is 12.2. The Kier molecular flexibility index (Phi) is 3.62. The van der Waals surface area contributed by atoms with Gasteiger partial charge in [-0.25, -0.2) is 4.98 Å². The number of benzene rings is 1. The average molecular weight is 244 g/mol. The van der Waals surface area contributed by atoms with Crippen LogP contribution in [0.3, 0.4) is 0 Å². The summed E-state index contributed by atoms with van der Waals surface area (Å²) in [6.07, 6.45) is 1.43. The number of aryl methyl sites for hydroxylation is 1. The number of hydrogen-bond acceptors (Lipinski definition) is 5. The second-order valence-corrected chi connectivity index (χ2v) is 3.87. The average Bonchev–Trinajstić information content (AvgIpc) is 2.37. The van der Waals surface area contributed by atoms with Crippen molar-refractivity contribution < 1.29 is 4.74 Å². The topological polar surface area (TPSA) is 73.1 Å². The van der Waals surface area contributed by atoms with Crippen LogP contribution in [0.4, 0.5) is 17.2 Å². The van der Waals surface area contributed by atoms with Gasteiger partial charge in [0.1, 0.15) is 12.0 Å². The van der Waals surface area contributed by atoms with E-state index in [-0.39, 0.29) is 0 Å². The number of anilines is 3. The molecule has 0 aliphatic heterocycles. The van der Waals surface area contributed by atoms with E-state index in [2.05, 4.69) is 15.3 Å². The molecule has 2 rings (SSSR count). The number of nitrogens with zero attached hydrogens (tertiary/aromatic N) is 2. The number of hydrogen-bond donors (Lipinski definition) is 2. The molecule has 0 fully saturated rings. The Labute approximate surface area is 106 Å². The summed E-state index contributed by atoms with van der Waals surface area (Å²) in [6, 6.07) is 7.97. The van der Waals surface area contributed by atoms with E-state index in [1.54, 1.807) is 0 Å². The number of ether oxygens (including phenoxy) is 1. The maximum absolute atomic E-state index is 5.93. The lowest BCUT2D eigenvalue weighted by Gasteiger charge is -2.11. The molecule has 0 amide bonds. The van der Waals surface area contributed by atoms with Crippen LogP contribution in [0.5, 0.6) is 5.88 Å². The third-order valence-electron chi connectivity index (χ3n) is 2.44. The maximum Gasteiger partial charge on any atom is 0.242 e. The fourth-order valence-corrected chi connectivity index (χ4v) is 1.50. The normalized spacial score (nSPS) is 10.1. The van der Waals surface area contributed by atoms with Crippen molar-refractivity contribution in [2.45, 2.75) is 13.8 Å². The molecule has 0 aliphatic rings. The Bertz CT molecular complexity index is 525. The van der Waals surface area contributed by atoms with Gasteiger partial charge in [-0.3, -0.25) is 0 Å². The maximum atomic E-state index is 5.93. The van der Waals surface area contributed by atoms with E-state index in [0.29, 0.717) is 24.0 Å². The molecule has 0 saturated heterocycles. The van der Waals surface area contributed by atoms with Gasteiger partial charge in [-0.2, -0.15) is 4.98 Å². The van der Waals surface area contributed by atoms with Crippen LogP contribution >= 0.6 is 0 Å². The molecule has 0 aliphatic carbocycles. The fraction of sp³-hybridized carbons (Fsp3) is 0.231. The highest BCUT2D eigenvalue weighted by atomic mass is 16.5. The summed E-state index contributed by atoms with van der Waals surface area (Å²) in [5.74, 6) is 0.958. The molecule has 0 bridgehead atoms. The van der Waals surface area contributed by atoms with E-state index < -0.39 is 0 Å². The van der Waals surface area contributed by atoms with Crippen molar-refractivity contribution in [3.8, 4) is 5.88 Å². The molecular weight excluding hydrogens is 228 g/mol. The standard InChI is InChI=1S/C13H16N4O/c1-3-18-13-11(14)12(15-8-16-13)17-10-6-4-9(2)5-7-10/h4-8H,3,14H2,1-2H3,(H,15,16,17). The van der Waals surface area contributed by atoms with Gasteiger partial charge in [0.2, 0.25) is 5.88 Å². The van der Waals surface area contributed by atoms with Crippen LogP contribution in [0.1, 0.15) is 12.5 Å². The quantitative estimate of drug-likeness (QED) is 0.864. The van der Waals surface area contributed by atoms with E-state index in [1.165, 1.54) is 11.9 Å². The molecule has 0 atom stereocenters. The van der Waals surface area contributed by atoms with E-state index in [4.69, 9.17) is 10.5 Å². The number of aromatic nitrogens is 2. The molecule has 1 heterocycles. The van der Waals surface area contributed by atoms with Crippen LogP contribution in [0.2, 0.25) is 0 Å². The summed E-state index contributed by atoms with van der Waals surface area (Å²) >= 11 is 0. The zero-order valence-corrected chi connectivity index (χ0v) is 10.5. The smallest absolute Gasteiger partial charge is 0.242 e. The highest BCUT2D eigenvalue weighted by Crippen LogP contribution is 2.27. The molecule has 2 aromatic rings. The van der Waals surface area contributed by atoms with Crippen molar-refractivity contribution in [1.82, 2.24) is 9.97 Å². The molecule has 94 valence electrons. The van der Waals surface area contributed by atoms with Gasteiger partial charge in [0.25, 0.3) is 0 Å². The first-order valence-corrected chi connectivity index (χ1v) is 5.77. The number of nitrogen functional groups attached to an aromatic ring is 1.